The fraction of sp³-hybridized carbons (Fsp3) is 0.278. The number of amides is 1. The van der Waals surface area contributed by atoms with Gasteiger partial charge >= 0.3 is 0 Å². The molecular weight excluding hydrogens is 362 g/mol. The van der Waals surface area contributed by atoms with Gasteiger partial charge < -0.3 is 4.90 Å². The van der Waals surface area contributed by atoms with Crippen LogP contribution in [0.4, 0.5) is 14.5 Å². The summed E-state index contributed by atoms with van der Waals surface area (Å²) in [5, 5.41) is 0. The summed E-state index contributed by atoms with van der Waals surface area (Å²) >= 11 is 0. The molecule has 1 heterocycles. The van der Waals surface area contributed by atoms with Gasteiger partial charge in [-0.2, -0.15) is 0 Å². The third-order valence-electron chi connectivity index (χ3n) is 4.31. The van der Waals surface area contributed by atoms with Gasteiger partial charge in [-0.3, -0.25) is 9.52 Å². The Kier molecular flexibility index (Phi) is 4.95. The van der Waals surface area contributed by atoms with Gasteiger partial charge in [0.25, 0.3) is 10.0 Å². The van der Waals surface area contributed by atoms with E-state index in [1.807, 2.05) is 0 Å². The van der Waals surface area contributed by atoms with Crippen molar-refractivity contribution in [2.75, 3.05) is 11.3 Å². The Morgan fingerprint density at radius 3 is 2.50 bits per heavy atom. The molecule has 0 spiro atoms. The Hall–Kier alpha value is -2.48. The van der Waals surface area contributed by atoms with Crippen LogP contribution in [0.15, 0.2) is 41.3 Å². The van der Waals surface area contributed by atoms with E-state index in [4.69, 9.17) is 0 Å². The van der Waals surface area contributed by atoms with E-state index in [0.29, 0.717) is 25.9 Å². The molecule has 26 heavy (non-hydrogen) atoms. The van der Waals surface area contributed by atoms with Crippen LogP contribution in [0.5, 0.6) is 0 Å². The Balaban J connectivity index is 1.89. The Morgan fingerprint density at radius 2 is 1.85 bits per heavy atom. The zero-order valence-corrected chi connectivity index (χ0v) is 14.9. The number of carbonyl (C=O) groups excluding carboxylic acids is 1. The molecule has 0 atom stereocenters. The minimum absolute atomic E-state index is 0.0232. The number of hydrogen-bond acceptors (Lipinski definition) is 3. The molecule has 0 saturated carbocycles. The molecule has 2 aromatic carbocycles. The molecule has 1 aliphatic rings. The molecule has 8 heteroatoms. The van der Waals surface area contributed by atoms with Gasteiger partial charge in [0.05, 0.1) is 0 Å². The van der Waals surface area contributed by atoms with Crippen LogP contribution in [0, 0.1) is 11.6 Å². The maximum absolute atomic E-state index is 13.8. The van der Waals surface area contributed by atoms with Gasteiger partial charge in [-0.15, -0.1) is 0 Å². The zero-order chi connectivity index (χ0) is 18.9. The Labute approximate surface area is 150 Å². The second-order valence-electron chi connectivity index (χ2n) is 6.06. The van der Waals surface area contributed by atoms with Crippen LogP contribution < -0.4 is 4.72 Å². The molecular formula is C18H18F2N2O3S. The molecule has 1 N–H and O–H groups in total. The molecule has 0 aliphatic carbocycles. The van der Waals surface area contributed by atoms with E-state index in [9.17, 15) is 22.0 Å². The summed E-state index contributed by atoms with van der Waals surface area (Å²) < 4.78 is 54.6. The van der Waals surface area contributed by atoms with E-state index < -0.39 is 26.6 Å². The maximum atomic E-state index is 13.8. The molecule has 0 bridgehead atoms. The Morgan fingerprint density at radius 1 is 1.15 bits per heavy atom. The molecule has 0 unspecified atom stereocenters. The van der Waals surface area contributed by atoms with Gasteiger partial charge in [0.2, 0.25) is 5.91 Å². The Bertz CT molecular complexity index is 941. The van der Waals surface area contributed by atoms with E-state index in [1.54, 1.807) is 30.0 Å². The third-order valence-corrected chi connectivity index (χ3v) is 5.75. The van der Waals surface area contributed by atoms with Gasteiger partial charge in [0.15, 0.2) is 4.90 Å². The summed E-state index contributed by atoms with van der Waals surface area (Å²) in [4.78, 5) is 12.6. The van der Waals surface area contributed by atoms with Crippen molar-refractivity contribution in [1.82, 2.24) is 4.90 Å². The minimum atomic E-state index is -4.42. The van der Waals surface area contributed by atoms with Crippen molar-refractivity contribution in [2.45, 2.75) is 31.2 Å². The van der Waals surface area contributed by atoms with E-state index in [1.165, 1.54) is 0 Å². The van der Waals surface area contributed by atoms with Crippen molar-refractivity contribution < 1.29 is 22.0 Å². The van der Waals surface area contributed by atoms with E-state index in [-0.39, 0.29) is 11.6 Å². The second kappa shape index (κ2) is 7.03. The van der Waals surface area contributed by atoms with Crippen LogP contribution in [0.2, 0.25) is 0 Å². The quantitative estimate of drug-likeness (QED) is 0.887. The molecule has 0 fully saturated rings. The first-order valence-corrected chi connectivity index (χ1v) is 9.66. The summed E-state index contributed by atoms with van der Waals surface area (Å²) in [5.41, 5.74) is 2.02. The minimum Gasteiger partial charge on any atom is -0.338 e. The second-order valence-corrected chi connectivity index (χ2v) is 7.68. The van der Waals surface area contributed by atoms with Crippen LogP contribution in [-0.2, 0) is 27.8 Å². The van der Waals surface area contributed by atoms with E-state index in [0.717, 1.165) is 29.3 Å². The van der Waals surface area contributed by atoms with Gasteiger partial charge in [-0.1, -0.05) is 19.1 Å². The molecule has 3 rings (SSSR count). The number of fused-ring (bicyclic) bond motifs is 1. The average Bonchev–Trinajstić information content (AvgIpc) is 2.59. The number of anilines is 1. The van der Waals surface area contributed by atoms with Gasteiger partial charge in [0.1, 0.15) is 11.6 Å². The lowest BCUT2D eigenvalue weighted by Gasteiger charge is -2.29. The van der Waals surface area contributed by atoms with Crippen molar-refractivity contribution in [2.24, 2.45) is 0 Å². The van der Waals surface area contributed by atoms with Crippen molar-refractivity contribution >= 4 is 21.6 Å². The molecule has 1 amide bonds. The number of nitrogens with zero attached hydrogens (tertiary/aromatic N) is 1. The van der Waals surface area contributed by atoms with Crippen LogP contribution in [0.1, 0.15) is 24.5 Å². The van der Waals surface area contributed by atoms with Crippen LogP contribution in [0.25, 0.3) is 0 Å². The first-order valence-electron chi connectivity index (χ1n) is 8.18. The van der Waals surface area contributed by atoms with Crippen LogP contribution in [0.3, 0.4) is 0 Å². The molecule has 0 radical (unpaired) electrons. The maximum Gasteiger partial charge on any atom is 0.267 e. The summed E-state index contributed by atoms with van der Waals surface area (Å²) in [5.74, 6) is -2.29. The highest BCUT2D eigenvalue weighted by molar-refractivity contribution is 7.92. The smallest absolute Gasteiger partial charge is 0.267 e. The highest BCUT2D eigenvalue weighted by Gasteiger charge is 2.25. The van der Waals surface area contributed by atoms with Gasteiger partial charge in [-0.25, -0.2) is 17.2 Å². The topological polar surface area (TPSA) is 66.5 Å². The molecule has 0 aromatic heterocycles. The lowest BCUT2D eigenvalue weighted by atomic mass is 9.99. The molecule has 2 aromatic rings. The van der Waals surface area contributed by atoms with Gasteiger partial charge in [0, 0.05) is 25.2 Å². The fourth-order valence-corrected chi connectivity index (χ4v) is 4.19. The predicted molar refractivity (Wildman–Crippen MR) is 93.0 cm³/mol. The predicted octanol–water partition coefficient (Wildman–Crippen LogP) is 3.06. The number of nitrogens with one attached hydrogen (secondary N) is 1. The van der Waals surface area contributed by atoms with E-state index >= 15 is 0 Å². The average molecular weight is 380 g/mol. The number of halogens is 2. The van der Waals surface area contributed by atoms with Crippen molar-refractivity contribution in [1.29, 1.82) is 0 Å². The highest BCUT2D eigenvalue weighted by Crippen LogP contribution is 2.26. The number of carbonyl (C=O) groups is 1. The number of rotatable bonds is 4. The highest BCUT2D eigenvalue weighted by atomic mass is 32.2. The van der Waals surface area contributed by atoms with Crippen LogP contribution in [-0.4, -0.2) is 25.8 Å². The first kappa shape index (κ1) is 18.3. The first-order chi connectivity index (χ1) is 12.3. The van der Waals surface area contributed by atoms with Crippen molar-refractivity contribution in [3.63, 3.8) is 0 Å². The zero-order valence-electron chi connectivity index (χ0n) is 14.1. The largest absolute Gasteiger partial charge is 0.338 e. The number of benzene rings is 2. The van der Waals surface area contributed by atoms with Gasteiger partial charge in [-0.05, 0) is 41.8 Å². The van der Waals surface area contributed by atoms with Crippen molar-refractivity contribution in [3.05, 3.63) is 59.2 Å². The molecule has 5 nitrogen and oxygen atoms in total. The molecule has 138 valence electrons. The summed E-state index contributed by atoms with van der Waals surface area (Å²) in [6.07, 6.45) is 1.07. The molecule has 0 saturated heterocycles. The SMILES string of the molecule is CCC(=O)N1CCc2ccc(NS(=O)(=O)c3c(F)cccc3F)cc2C1. The lowest BCUT2D eigenvalue weighted by molar-refractivity contribution is -0.131. The summed E-state index contributed by atoms with van der Waals surface area (Å²) in [6.45, 7) is 2.78. The number of hydrogen-bond donors (Lipinski definition) is 1. The van der Waals surface area contributed by atoms with Crippen molar-refractivity contribution in [3.8, 4) is 0 Å². The monoisotopic (exact) mass is 380 g/mol. The third kappa shape index (κ3) is 3.55. The summed E-state index contributed by atoms with van der Waals surface area (Å²) in [6, 6.07) is 7.78. The number of sulfonamides is 1. The van der Waals surface area contributed by atoms with Crippen LogP contribution >= 0.6 is 0 Å². The molecule has 1 aliphatic heterocycles. The summed E-state index contributed by atoms with van der Waals surface area (Å²) in [7, 11) is -4.42. The fourth-order valence-electron chi connectivity index (χ4n) is 3.00. The standard InChI is InChI=1S/C18H18F2N2O3S/c1-2-17(23)22-9-8-12-6-7-14(10-13(12)11-22)21-26(24,25)18-15(19)4-3-5-16(18)20/h3-7,10,21H,2,8-9,11H2,1H3. The normalized spacial score (nSPS) is 14.0. The van der Waals surface area contributed by atoms with E-state index in [2.05, 4.69) is 4.72 Å². The lowest BCUT2D eigenvalue weighted by Crippen LogP contribution is -2.35.